The third-order valence-corrected chi connectivity index (χ3v) is 4.34. The minimum atomic E-state index is -0.149. The molecule has 0 fully saturated rings. The molecule has 0 unspecified atom stereocenters. The van der Waals surface area contributed by atoms with Crippen LogP contribution in [0.15, 0.2) is 23.6 Å². The van der Waals surface area contributed by atoms with E-state index in [1.54, 1.807) is 30.7 Å². The molecule has 6 heteroatoms. The number of thiophene rings is 1. The molecule has 1 aliphatic rings. The lowest BCUT2D eigenvalue weighted by atomic mass is 10.1. The summed E-state index contributed by atoms with van der Waals surface area (Å²) in [5.41, 5.74) is 0.408. The number of ketones is 1. The average molecular weight is 325 g/mol. The number of halogens is 1. The lowest BCUT2D eigenvalue weighted by molar-refractivity contribution is 0.104. The number of carbonyl (C=O) groups is 1. The van der Waals surface area contributed by atoms with Crippen LogP contribution < -0.4 is 14.2 Å². The largest absolute Gasteiger partial charge is 0.496 e. The van der Waals surface area contributed by atoms with Crippen LogP contribution in [0.1, 0.15) is 21.7 Å². The van der Waals surface area contributed by atoms with Gasteiger partial charge in [0.2, 0.25) is 5.78 Å². The molecule has 0 spiro atoms. The highest BCUT2D eigenvalue weighted by atomic mass is 35.5. The van der Waals surface area contributed by atoms with Gasteiger partial charge in [0.25, 0.3) is 0 Å². The van der Waals surface area contributed by atoms with Crippen LogP contribution in [-0.2, 0) is 0 Å². The monoisotopic (exact) mass is 324 g/mol. The molecule has 3 rings (SSSR count). The van der Waals surface area contributed by atoms with Gasteiger partial charge < -0.3 is 14.2 Å². The predicted molar refractivity (Wildman–Crippen MR) is 81.4 cm³/mol. The normalized spacial score (nSPS) is 13.6. The zero-order valence-corrected chi connectivity index (χ0v) is 12.9. The van der Waals surface area contributed by atoms with E-state index in [1.165, 1.54) is 11.3 Å². The van der Waals surface area contributed by atoms with Gasteiger partial charge in [0, 0.05) is 29.5 Å². The third kappa shape index (κ3) is 2.84. The average Bonchev–Trinajstić information content (AvgIpc) is 2.86. The Morgan fingerprint density at radius 2 is 1.95 bits per heavy atom. The number of rotatable bonds is 3. The zero-order valence-electron chi connectivity index (χ0n) is 11.3. The van der Waals surface area contributed by atoms with Gasteiger partial charge in [0.1, 0.15) is 5.75 Å². The van der Waals surface area contributed by atoms with E-state index in [4.69, 9.17) is 25.8 Å². The Kier molecular flexibility index (Phi) is 4.03. The summed E-state index contributed by atoms with van der Waals surface area (Å²) in [4.78, 5) is 13.1. The first-order valence-corrected chi connectivity index (χ1v) is 7.71. The highest BCUT2D eigenvalue weighted by Crippen LogP contribution is 2.36. The van der Waals surface area contributed by atoms with Gasteiger partial charge in [0.15, 0.2) is 11.5 Å². The molecule has 4 nitrogen and oxygen atoms in total. The van der Waals surface area contributed by atoms with Gasteiger partial charge in [-0.25, -0.2) is 0 Å². The van der Waals surface area contributed by atoms with Crippen LogP contribution in [0.25, 0.3) is 0 Å². The summed E-state index contributed by atoms with van der Waals surface area (Å²) in [7, 11) is 1.57. The zero-order chi connectivity index (χ0) is 14.8. The SMILES string of the molecule is COc1csc(C(=O)c2cc3c(cc2Cl)OCCCO3)c1. The number of fused-ring (bicyclic) bond motifs is 1. The molecule has 1 aliphatic heterocycles. The van der Waals surface area contributed by atoms with Crippen molar-refractivity contribution < 1.29 is 19.0 Å². The van der Waals surface area contributed by atoms with Crippen LogP contribution in [0.5, 0.6) is 17.2 Å². The highest BCUT2D eigenvalue weighted by molar-refractivity contribution is 7.12. The third-order valence-electron chi connectivity index (χ3n) is 3.12. The summed E-state index contributed by atoms with van der Waals surface area (Å²) in [5.74, 6) is 1.65. The molecule has 21 heavy (non-hydrogen) atoms. The fourth-order valence-electron chi connectivity index (χ4n) is 2.04. The van der Waals surface area contributed by atoms with Gasteiger partial charge in [0.05, 0.1) is 30.2 Å². The summed E-state index contributed by atoms with van der Waals surface area (Å²) in [6.45, 7) is 1.15. The number of carbonyl (C=O) groups excluding carboxylic acids is 1. The number of hydrogen-bond acceptors (Lipinski definition) is 5. The minimum absolute atomic E-state index is 0.149. The Hall–Kier alpha value is -1.72. The molecule has 0 N–H and O–H groups in total. The van der Waals surface area contributed by atoms with Crippen LogP contribution >= 0.6 is 22.9 Å². The molecule has 0 aliphatic carbocycles. The van der Waals surface area contributed by atoms with Crippen molar-refractivity contribution in [1.82, 2.24) is 0 Å². The Morgan fingerprint density at radius 1 is 1.24 bits per heavy atom. The van der Waals surface area contributed by atoms with Crippen LogP contribution in [0.4, 0.5) is 0 Å². The van der Waals surface area contributed by atoms with E-state index in [-0.39, 0.29) is 5.78 Å². The van der Waals surface area contributed by atoms with E-state index in [2.05, 4.69) is 0 Å². The lowest BCUT2D eigenvalue weighted by Gasteiger charge is -2.10. The Labute approximate surface area is 131 Å². The smallest absolute Gasteiger partial charge is 0.204 e. The molecule has 2 heterocycles. The van der Waals surface area contributed by atoms with Crippen LogP contribution in [-0.4, -0.2) is 26.1 Å². The maximum Gasteiger partial charge on any atom is 0.204 e. The molecule has 0 amide bonds. The molecule has 1 aromatic carbocycles. The molecule has 1 aromatic heterocycles. The van der Waals surface area contributed by atoms with Crippen molar-refractivity contribution in [3.8, 4) is 17.2 Å². The summed E-state index contributed by atoms with van der Waals surface area (Å²) in [6.07, 6.45) is 0.803. The van der Waals surface area contributed by atoms with E-state index in [1.807, 2.05) is 0 Å². The van der Waals surface area contributed by atoms with Crippen molar-refractivity contribution in [2.75, 3.05) is 20.3 Å². The van der Waals surface area contributed by atoms with Gasteiger partial charge >= 0.3 is 0 Å². The second kappa shape index (κ2) is 5.95. The summed E-state index contributed by atoms with van der Waals surface area (Å²) < 4.78 is 16.3. The quantitative estimate of drug-likeness (QED) is 0.805. The molecular weight excluding hydrogens is 312 g/mol. The first-order valence-electron chi connectivity index (χ1n) is 6.45. The standard InChI is InChI=1S/C15H13ClO4S/c1-18-9-5-14(21-8-9)15(17)10-6-12-13(7-11(10)16)20-4-2-3-19-12/h5-8H,2-4H2,1H3. The van der Waals surface area contributed by atoms with Crippen molar-refractivity contribution in [3.05, 3.63) is 39.0 Å². The molecule has 0 atom stereocenters. The summed E-state index contributed by atoms with van der Waals surface area (Å²) in [5, 5.41) is 2.14. The lowest BCUT2D eigenvalue weighted by Crippen LogP contribution is -2.02. The first kappa shape index (κ1) is 14.2. The maximum absolute atomic E-state index is 12.5. The van der Waals surface area contributed by atoms with Crippen molar-refractivity contribution >= 4 is 28.7 Å². The van der Waals surface area contributed by atoms with Gasteiger partial charge in [-0.1, -0.05) is 11.6 Å². The van der Waals surface area contributed by atoms with Gasteiger partial charge in [-0.05, 0) is 6.07 Å². The van der Waals surface area contributed by atoms with E-state index in [0.717, 1.165) is 6.42 Å². The summed E-state index contributed by atoms with van der Waals surface area (Å²) in [6, 6.07) is 4.99. The molecule has 2 aromatic rings. The maximum atomic E-state index is 12.5. The van der Waals surface area contributed by atoms with Crippen molar-refractivity contribution in [1.29, 1.82) is 0 Å². The Morgan fingerprint density at radius 3 is 2.62 bits per heavy atom. The van der Waals surface area contributed by atoms with Crippen molar-refractivity contribution in [3.63, 3.8) is 0 Å². The number of hydrogen-bond donors (Lipinski definition) is 0. The Bertz CT molecular complexity index is 680. The van der Waals surface area contributed by atoms with E-state index < -0.39 is 0 Å². The van der Waals surface area contributed by atoms with E-state index >= 15 is 0 Å². The molecule has 0 saturated heterocycles. The predicted octanol–water partition coefficient (Wildman–Crippen LogP) is 3.80. The number of methoxy groups -OCH3 is 1. The van der Waals surface area contributed by atoms with Crippen molar-refractivity contribution in [2.45, 2.75) is 6.42 Å². The Balaban J connectivity index is 1.97. The minimum Gasteiger partial charge on any atom is -0.496 e. The molecule has 0 radical (unpaired) electrons. The van der Waals surface area contributed by atoms with Gasteiger partial charge in [-0.15, -0.1) is 11.3 Å². The fourth-order valence-corrected chi connectivity index (χ4v) is 3.08. The van der Waals surface area contributed by atoms with Gasteiger partial charge in [-0.2, -0.15) is 0 Å². The number of benzene rings is 1. The topological polar surface area (TPSA) is 44.8 Å². The van der Waals surface area contributed by atoms with Crippen LogP contribution in [0, 0.1) is 0 Å². The van der Waals surface area contributed by atoms with Gasteiger partial charge in [-0.3, -0.25) is 4.79 Å². The molecule has 110 valence electrons. The summed E-state index contributed by atoms with van der Waals surface area (Å²) >= 11 is 7.54. The second-order valence-electron chi connectivity index (χ2n) is 4.51. The molecular formula is C15H13ClO4S. The fraction of sp³-hybridized carbons (Fsp3) is 0.267. The first-order chi connectivity index (χ1) is 10.2. The van der Waals surface area contributed by atoms with Crippen LogP contribution in [0.2, 0.25) is 5.02 Å². The van der Waals surface area contributed by atoms with Crippen molar-refractivity contribution in [2.24, 2.45) is 0 Å². The number of ether oxygens (including phenoxy) is 3. The van der Waals surface area contributed by atoms with E-state index in [0.29, 0.717) is 45.9 Å². The molecule has 0 bridgehead atoms. The highest BCUT2D eigenvalue weighted by Gasteiger charge is 2.20. The van der Waals surface area contributed by atoms with Crippen LogP contribution in [0.3, 0.4) is 0 Å². The second-order valence-corrected chi connectivity index (χ2v) is 5.83. The van der Waals surface area contributed by atoms with E-state index in [9.17, 15) is 4.79 Å². The molecule has 0 saturated carbocycles.